The van der Waals surface area contributed by atoms with E-state index < -0.39 is 0 Å². The molecule has 0 saturated carbocycles. The van der Waals surface area contributed by atoms with E-state index in [1.807, 2.05) is 18.2 Å². The number of H-pyrrole nitrogens is 1. The second-order valence-electron chi connectivity index (χ2n) is 12.4. The van der Waals surface area contributed by atoms with E-state index in [2.05, 4.69) is 37.1 Å². The van der Waals surface area contributed by atoms with Crippen LogP contribution in [-0.2, 0) is 13.0 Å². The van der Waals surface area contributed by atoms with E-state index in [1.165, 1.54) is 62.7 Å². The van der Waals surface area contributed by atoms with Gasteiger partial charge in [0, 0.05) is 61.3 Å². The molecule has 7 heterocycles. The Morgan fingerprint density at radius 2 is 1.79 bits per heavy atom. The number of hydrogen-bond acceptors (Lipinski definition) is 7. The van der Waals surface area contributed by atoms with Crippen molar-refractivity contribution in [3.63, 3.8) is 0 Å². The Kier molecular flexibility index (Phi) is 5.63. The zero-order chi connectivity index (χ0) is 26.0. The minimum atomic E-state index is -0.0535. The normalized spacial score (nSPS) is 25.7. The lowest BCUT2D eigenvalue weighted by atomic mass is 9.95. The maximum Gasteiger partial charge on any atom is 0.250 e. The first-order valence-corrected chi connectivity index (χ1v) is 14.9. The van der Waals surface area contributed by atoms with Crippen molar-refractivity contribution in [3.05, 3.63) is 57.9 Å². The molecule has 2 aromatic heterocycles. The maximum absolute atomic E-state index is 12.5. The molecule has 39 heavy (non-hydrogen) atoms. The largest absolute Gasteiger partial charge is 0.476 e. The van der Waals surface area contributed by atoms with Crippen LogP contribution in [-0.4, -0.2) is 71.8 Å². The van der Waals surface area contributed by atoms with Crippen LogP contribution in [0, 0.1) is 0 Å². The summed E-state index contributed by atoms with van der Waals surface area (Å²) in [6.45, 7) is 6.79. The van der Waals surface area contributed by atoms with Gasteiger partial charge >= 0.3 is 0 Å². The van der Waals surface area contributed by atoms with Crippen LogP contribution in [0.2, 0.25) is 0 Å². The van der Waals surface area contributed by atoms with Crippen LogP contribution in [0.3, 0.4) is 0 Å². The number of rotatable bonds is 5. The Bertz CT molecular complexity index is 1450. The highest BCUT2D eigenvalue weighted by Crippen LogP contribution is 2.40. The Morgan fingerprint density at radius 1 is 1.00 bits per heavy atom. The number of aromatic amines is 1. The van der Waals surface area contributed by atoms with Crippen LogP contribution in [0.5, 0.6) is 5.88 Å². The molecule has 4 saturated heterocycles. The van der Waals surface area contributed by atoms with E-state index in [4.69, 9.17) is 9.72 Å². The number of nitrogens with one attached hydrogen (secondary N) is 2. The highest BCUT2D eigenvalue weighted by molar-refractivity contribution is 5.91. The summed E-state index contributed by atoms with van der Waals surface area (Å²) < 4.78 is 6.62. The molecule has 0 spiro atoms. The number of para-hydroxylation sites is 1. The summed E-state index contributed by atoms with van der Waals surface area (Å²) in [5.41, 5.74) is 4.68. The quantitative estimate of drug-likeness (QED) is 0.528. The predicted octanol–water partition coefficient (Wildman–Crippen LogP) is 3.43. The lowest BCUT2D eigenvalue weighted by Crippen LogP contribution is -2.52. The van der Waals surface area contributed by atoms with Crippen molar-refractivity contribution in [2.75, 3.05) is 49.1 Å². The topological polar surface area (TPSA) is 76.7 Å². The van der Waals surface area contributed by atoms with Crippen molar-refractivity contribution in [3.8, 4) is 5.88 Å². The van der Waals surface area contributed by atoms with Gasteiger partial charge in [-0.25, -0.2) is 0 Å². The molecule has 4 fully saturated rings. The molecule has 5 aliphatic heterocycles. The lowest BCUT2D eigenvalue weighted by Gasteiger charge is -2.38. The molecular weight excluding hydrogens is 488 g/mol. The summed E-state index contributed by atoms with van der Waals surface area (Å²) in [4.78, 5) is 28.3. The second kappa shape index (κ2) is 9.24. The first kappa shape index (κ1) is 23.8. The fourth-order valence-corrected chi connectivity index (χ4v) is 8.16. The standard InChI is InChI=1S/C31H38N6O2/c38-28-16-27(25-5-1-2-6-26(25)33-28)35-14-9-24-21(17-35)15-29(39-20-31-10-3-12-37(31)13-4-11-31)34-30(24)36-18-22-7-8-23(19-36)32-22/h1-2,5-6,15-16,22-23,32H,3-4,7-14,17-20H2,(H,33,38). The second-order valence-corrected chi connectivity index (χ2v) is 12.4. The molecule has 0 aliphatic carbocycles. The van der Waals surface area contributed by atoms with Gasteiger partial charge in [-0.2, -0.15) is 4.98 Å². The third kappa shape index (κ3) is 4.11. The van der Waals surface area contributed by atoms with Crippen molar-refractivity contribution < 1.29 is 4.74 Å². The van der Waals surface area contributed by atoms with Crippen LogP contribution in [0.4, 0.5) is 11.5 Å². The first-order valence-electron chi connectivity index (χ1n) is 14.9. The van der Waals surface area contributed by atoms with Gasteiger partial charge in [0.2, 0.25) is 11.4 Å². The Labute approximate surface area is 229 Å². The van der Waals surface area contributed by atoms with Gasteiger partial charge in [-0.05, 0) is 69.7 Å². The predicted molar refractivity (Wildman–Crippen MR) is 154 cm³/mol. The number of anilines is 2. The van der Waals surface area contributed by atoms with Crippen molar-refractivity contribution in [1.29, 1.82) is 0 Å². The van der Waals surface area contributed by atoms with Gasteiger partial charge in [0.1, 0.15) is 12.4 Å². The molecule has 1 aromatic carbocycles. The van der Waals surface area contributed by atoms with Crippen molar-refractivity contribution in [2.45, 2.75) is 69.1 Å². The van der Waals surface area contributed by atoms with Gasteiger partial charge < -0.3 is 24.8 Å². The van der Waals surface area contributed by atoms with Crippen molar-refractivity contribution in [2.24, 2.45) is 0 Å². The summed E-state index contributed by atoms with van der Waals surface area (Å²) in [5, 5.41) is 4.86. The van der Waals surface area contributed by atoms with E-state index in [1.54, 1.807) is 6.07 Å². The molecule has 2 unspecified atom stereocenters. The average Bonchev–Trinajstić information content (AvgIpc) is 3.64. The molecule has 2 atom stereocenters. The van der Waals surface area contributed by atoms with Crippen molar-refractivity contribution >= 4 is 22.4 Å². The van der Waals surface area contributed by atoms with E-state index in [9.17, 15) is 4.79 Å². The monoisotopic (exact) mass is 526 g/mol. The van der Waals surface area contributed by atoms with Gasteiger partial charge in [0.15, 0.2) is 0 Å². The van der Waals surface area contributed by atoms with Gasteiger partial charge in [0.25, 0.3) is 0 Å². The number of nitrogens with zero attached hydrogens (tertiary/aromatic N) is 4. The Morgan fingerprint density at radius 3 is 2.62 bits per heavy atom. The molecule has 0 amide bonds. The fourth-order valence-electron chi connectivity index (χ4n) is 8.16. The summed E-state index contributed by atoms with van der Waals surface area (Å²) in [6, 6.07) is 13.2. The van der Waals surface area contributed by atoms with Gasteiger partial charge in [-0.15, -0.1) is 0 Å². The molecule has 3 aromatic rings. The van der Waals surface area contributed by atoms with E-state index >= 15 is 0 Å². The molecular formula is C31H38N6O2. The minimum Gasteiger partial charge on any atom is -0.476 e. The number of ether oxygens (including phenoxy) is 1. The van der Waals surface area contributed by atoms with E-state index in [-0.39, 0.29) is 11.1 Å². The summed E-state index contributed by atoms with van der Waals surface area (Å²) in [5.74, 6) is 1.89. The smallest absolute Gasteiger partial charge is 0.250 e. The fraction of sp³-hybridized carbons (Fsp3) is 0.548. The van der Waals surface area contributed by atoms with E-state index in [0.717, 1.165) is 67.5 Å². The molecule has 8 heteroatoms. The number of aromatic nitrogens is 2. The van der Waals surface area contributed by atoms with Gasteiger partial charge in [-0.3, -0.25) is 9.69 Å². The maximum atomic E-state index is 12.5. The minimum absolute atomic E-state index is 0.0535. The van der Waals surface area contributed by atoms with Crippen LogP contribution in [0.25, 0.3) is 10.9 Å². The molecule has 8 nitrogen and oxygen atoms in total. The highest BCUT2D eigenvalue weighted by Gasteiger charge is 2.45. The molecule has 8 rings (SSSR count). The third-order valence-electron chi connectivity index (χ3n) is 10.0. The van der Waals surface area contributed by atoms with Crippen molar-refractivity contribution in [1.82, 2.24) is 20.2 Å². The first-order chi connectivity index (χ1) is 19.1. The number of pyridine rings is 2. The lowest BCUT2D eigenvalue weighted by molar-refractivity contribution is 0.111. The molecule has 5 aliphatic rings. The van der Waals surface area contributed by atoms with Gasteiger partial charge in [0.05, 0.1) is 16.7 Å². The average molecular weight is 527 g/mol. The van der Waals surface area contributed by atoms with Crippen LogP contribution >= 0.6 is 0 Å². The number of piperazine rings is 1. The molecule has 0 radical (unpaired) electrons. The summed E-state index contributed by atoms with van der Waals surface area (Å²) in [6.07, 6.45) is 8.42. The molecule has 2 bridgehead atoms. The molecule has 2 N–H and O–H groups in total. The third-order valence-corrected chi connectivity index (χ3v) is 10.0. The Hall–Kier alpha value is -3.10. The summed E-state index contributed by atoms with van der Waals surface area (Å²) >= 11 is 0. The molecule has 204 valence electrons. The van der Waals surface area contributed by atoms with Crippen LogP contribution in [0.15, 0.2) is 41.2 Å². The number of hydrogen-bond donors (Lipinski definition) is 2. The van der Waals surface area contributed by atoms with Crippen LogP contribution in [0.1, 0.15) is 49.7 Å². The van der Waals surface area contributed by atoms with Gasteiger partial charge in [-0.1, -0.05) is 18.2 Å². The highest BCUT2D eigenvalue weighted by atomic mass is 16.5. The zero-order valence-corrected chi connectivity index (χ0v) is 22.6. The Balaban J connectivity index is 1.15. The summed E-state index contributed by atoms with van der Waals surface area (Å²) in [7, 11) is 0. The van der Waals surface area contributed by atoms with Crippen LogP contribution < -0.4 is 25.4 Å². The zero-order valence-electron chi connectivity index (χ0n) is 22.6. The SMILES string of the molecule is O=c1cc(N2CCc3c(cc(OCC45CCCN4CCC5)nc3N3CC4CCC(C3)N4)C2)c2ccccc2[nH]1. The number of fused-ring (bicyclic) bond motifs is 5. The van der Waals surface area contributed by atoms with E-state index in [0.29, 0.717) is 12.1 Å². The number of benzene rings is 1.